The van der Waals surface area contributed by atoms with Gasteiger partial charge in [0.1, 0.15) is 5.82 Å². The Hall–Kier alpha value is -1.39. The third-order valence-corrected chi connectivity index (χ3v) is 3.10. The summed E-state index contributed by atoms with van der Waals surface area (Å²) in [4.78, 5) is 7.52. The molecule has 1 atom stereocenters. The molecule has 0 radical (unpaired) electrons. The minimum atomic E-state index is -0.382. The first kappa shape index (κ1) is 11.1. The molecule has 0 fully saturated rings. The number of benzene rings is 1. The molecule has 2 rings (SSSR count). The molecule has 0 bridgehead atoms. The second kappa shape index (κ2) is 3.88. The third-order valence-electron chi connectivity index (χ3n) is 3.10. The number of aromatic amines is 1. The number of H-pyrrole nitrogens is 1. The van der Waals surface area contributed by atoms with Crippen molar-refractivity contribution in [2.24, 2.45) is 5.73 Å². The van der Waals surface area contributed by atoms with Crippen molar-refractivity contribution in [2.45, 2.75) is 19.3 Å². The van der Waals surface area contributed by atoms with Gasteiger partial charge in [-0.15, -0.1) is 0 Å². The molecular formula is C12H17N3O. The van der Waals surface area contributed by atoms with Gasteiger partial charge in [0.2, 0.25) is 0 Å². The summed E-state index contributed by atoms with van der Waals surface area (Å²) in [7, 11) is 0. The van der Waals surface area contributed by atoms with Crippen LogP contribution in [-0.2, 0) is 5.41 Å². The van der Waals surface area contributed by atoms with Gasteiger partial charge in [0.25, 0.3) is 0 Å². The molecule has 2 aromatic rings. The van der Waals surface area contributed by atoms with E-state index < -0.39 is 0 Å². The Morgan fingerprint density at radius 1 is 1.50 bits per heavy atom. The van der Waals surface area contributed by atoms with Crippen LogP contribution in [0.4, 0.5) is 0 Å². The summed E-state index contributed by atoms with van der Waals surface area (Å²) in [6.45, 7) is 4.34. The fraction of sp³-hybridized carbons (Fsp3) is 0.417. The fourth-order valence-electron chi connectivity index (χ4n) is 1.79. The zero-order chi connectivity index (χ0) is 11.8. The number of imidazole rings is 1. The van der Waals surface area contributed by atoms with Gasteiger partial charge in [-0.3, -0.25) is 0 Å². The molecule has 1 unspecified atom stereocenters. The van der Waals surface area contributed by atoms with Crippen molar-refractivity contribution in [2.75, 3.05) is 13.2 Å². The van der Waals surface area contributed by atoms with Crippen LogP contribution in [0, 0.1) is 6.92 Å². The van der Waals surface area contributed by atoms with E-state index in [0.29, 0.717) is 6.54 Å². The highest BCUT2D eigenvalue weighted by molar-refractivity contribution is 5.76. The molecule has 86 valence electrons. The molecule has 0 saturated heterocycles. The number of rotatable bonds is 3. The summed E-state index contributed by atoms with van der Waals surface area (Å²) >= 11 is 0. The van der Waals surface area contributed by atoms with Crippen LogP contribution in [0.1, 0.15) is 18.3 Å². The van der Waals surface area contributed by atoms with Gasteiger partial charge in [0.05, 0.1) is 17.6 Å². The van der Waals surface area contributed by atoms with E-state index >= 15 is 0 Å². The van der Waals surface area contributed by atoms with Gasteiger partial charge >= 0.3 is 0 Å². The van der Waals surface area contributed by atoms with Crippen LogP contribution in [0.5, 0.6) is 0 Å². The average Bonchev–Trinajstić information content (AvgIpc) is 2.67. The maximum absolute atomic E-state index is 9.41. The molecule has 4 heteroatoms. The Balaban J connectivity index is 2.53. The number of aryl methyl sites for hydroxylation is 1. The van der Waals surface area contributed by atoms with Crippen LogP contribution < -0.4 is 5.73 Å². The van der Waals surface area contributed by atoms with Crippen molar-refractivity contribution in [3.05, 3.63) is 29.6 Å². The highest BCUT2D eigenvalue weighted by Crippen LogP contribution is 2.25. The first-order chi connectivity index (χ1) is 7.59. The molecule has 4 nitrogen and oxygen atoms in total. The Morgan fingerprint density at radius 2 is 2.25 bits per heavy atom. The number of aromatic nitrogens is 2. The quantitative estimate of drug-likeness (QED) is 0.723. The molecule has 0 aliphatic heterocycles. The minimum Gasteiger partial charge on any atom is -0.395 e. The highest BCUT2D eigenvalue weighted by atomic mass is 16.3. The van der Waals surface area contributed by atoms with E-state index in [4.69, 9.17) is 5.73 Å². The van der Waals surface area contributed by atoms with Crippen LogP contribution in [0.15, 0.2) is 18.2 Å². The SMILES string of the molecule is Cc1nc2ccc(C(C)(CN)CO)cc2[nH]1. The Kier molecular flexibility index (Phi) is 2.69. The van der Waals surface area contributed by atoms with Gasteiger partial charge in [-0.05, 0) is 24.6 Å². The van der Waals surface area contributed by atoms with Crippen molar-refractivity contribution >= 4 is 11.0 Å². The predicted molar refractivity (Wildman–Crippen MR) is 64.3 cm³/mol. The van der Waals surface area contributed by atoms with Crippen LogP contribution in [0.25, 0.3) is 11.0 Å². The normalized spacial score (nSPS) is 15.2. The molecule has 0 saturated carbocycles. The molecule has 4 N–H and O–H groups in total. The van der Waals surface area contributed by atoms with Gasteiger partial charge in [0, 0.05) is 12.0 Å². The Labute approximate surface area is 94.5 Å². The van der Waals surface area contributed by atoms with Crippen molar-refractivity contribution in [3.8, 4) is 0 Å². The second-order valence-electron chi connectivity index (χ2n) is 4.48. The number of hydrogen-bond donors (Lipinski definition) is 3. The topological polar surface area (TPSA) is 74.9 Å². The predicted octanol–water partition coefficient (Wildman–Crippen LogP) is 1.08. The summed E-state index contributed by atoms with van der Waals surface area (Å²) in [6, 6.07) is 5.95. The number of nitrogens with zero attached hydrogens (tertiary/aromatic N) is 1. The Bertz CT molecular complexity index is 500. The largest absolute Gasteiger partial charge is 0.395 e. The molecule has 1 heterocycles. The van der Waals surface area contributed by atoms with E-state index in [1.807, 2.05) is 32.0 Å². The van der Waals surface area contributed by atoms with Crippen LogP contribution in [0.2, 0.25) is 0 Å². The zero-order valence-electron chi connectivity index (χ0n) is 9.62. The fourth-order valence-corrected chi connectivity index (χ4v) is 1.79. The van der Waals surface area contributed by atoms with Gasteiger partial charge in [-0.25, -0.2) is 4.98 Å². The molecule has 1 aromatic heterocycles. The standard InChI is InChI=1S/C12H17N3O/c1-8-14-10-4-3-9(5-11(10)15-8)12(2,6-13)7-16/h3-5,16H,6-7,13H2,1-2H3,(H,14,15). The molecule has 1 aromatic carbocycles. The number of fused-ring (bicyclic) bond motifs is 1. The summed E-state index contributed by atoms with van der Waals surface area (Å²) < 4.78 is 0. The smallest absolute Gasteiger partial charge is 0.104 e. The average molecular weight is 219 g/mol. The monoisotopic (exact) mass is 219 g/mol. The van der Waals surface area contributed by atoms with Crippen molar-refractivity contribution < 1.29 is 5.11 Å². The Morgan fingerprint density at radius 3 is 2.88 bits per heavy atom. The van der Waals surface area contributed by atoms with Crippen molar-refractivity contribution in [1.82, 2.24) is 9.97 Å². The van der Waals surface area contributed by atoms with Gasteiger partial charge in [-0.2, -0.15) is 0 Å². The van der Waals surface area contributed by atoms with Crippen LogP contribution in [0.3, 0.4) is 0 Å². The number of aliphatic hydroxyl groups is 1. The van der Waals surface area contributed by atoms with Crippen LogP contribution >= 0.6 is 0 Å². The first-order valence-corrected chi connectivity index (χ1v) is 5.37. The van der Waals surface area contributed by atoms with E-state index in [1.165, 1.54) is 0 Å². The molecule has 0 amide bonds. The van der Waals surface area contributed by atoms with Gasteiger partial charge in [-0.1, -0.05) is 13.0 Å². The maximum atomic E-state index is 9.41. The number of aliphatic hydroxyl groups excluding tert-OH is 1. The number of nitrogens with two attached hydrogens (primary N) is 1. The van der Waals surface area contributed by atoms with Crippen LogP contribution in [-0.4, -0.2) is 28.2 Å². The van der Waals surface area contributed by atoms with Crippen molar-refractivity contribution in [3.63, 3.8) is 0 Å². The van der Waals surface area contributed by atoms with E-state index in [1.54, 1.807) is 0 Å². The lowest BCUT2D eigenvalue weighted by Gasteiger charge is -2.25. The lowest BCUT2D eigenvalue weighted by Crippen LogP contribution is -2.35. The molecule has 0 spiro atoms. The van der Waals surface area contributed by atoms with Gasteiger partial charge in [0.15, 0.2) is 0 Å². The minimum absolute atomic E-state index is 0.0438. The number of hydrogen-bond acceptors (Lipinski definition) is 3. The summed E-state index contributed by atoms with van der Waals surface area (Å²) in [5.74, 6) is 0.894. The summed E-state index contributed by atoms with van der Waals surface area (Å²) in [6.07, 6.45) is 0. The van der Waals surface area contributed by atoms with Crippen molar-refractivity contribution in [1.29, 1.82) is 0 Å². The summed E-state index contributed by atoms with van der Waals surface area (Å²) in [5, 5.41) is 9.41. The highest BCUT2D eigenvalue weighted by Gasteiger charge is 2.24. The zero-order valence-corrected chi connectivity index (χ0v) is 9.62. The van der Waals surface area contributed by atoms with E-state index in [0.717, 1.165) is 22.4 Å². The van der Waals surface area contributed by atoms with E-state index in [9.17, 15) is 5.11 Å². The van der Waals surface area contributed by atoms with Gasteiger partial charge < -0.3 is 15.8 Å². The second-order valence-corrected chi connectivity index (χ2v) is 4.48. The molecule has 0 aliphatic carbocycles. The van der Waals surface area contributed by atoms with E-state index in [-0.39, 0.29) is 12.0 Å². The number of nitrogens with one attached hydrogen (secondary N) is 1. The lowest BCUT2D eigenvalue weighted by molar-refractivity contribution is 0.210. The first-order valence-electron chi connectivity index (χ1n) is 5.37. The lowest BCUT2D eigenvalue weighted by atomic mass is 9.83. The third kappa shape index (κ3) is 1.70. The molecule has 0 aliphatic rings. The summed E-state index contributed by atoms with van der Waals surface area (Å²) in [5.41, 5.74) is 8.30. The maximum Gasteiger partial charge on any atom is 0.104 e. The molecular weight excluding hydrogens is 202 g/mol. The van der Waals surface area contributed by atoms with E-state index in [2.05, 4.69) is 9.97 Å². The molecule has 16 heavy (non-hydrogen) atoms.